The fourth-order valence-electron chi connectivity index (χ4n) is 3.15. The highest BCUT2D eigenvalue weighted by molar-refractivity contribution is 5.98. The van der Waals surface area contributed by atoms with E-state index in [1.54, 1.807) is 38.2 Å². The zero-order chi connectivity index (χ0) is 22.7. The molecular formula is C22H28N4O4. The van der Waals surface area contributed by atoms with Crippen LogP contribution < -0.4 is 22.1 Å². The van der Waals surface area contributed by atoms with Crippen molar-refractivity contribution in [1.82, 2.24) is 10.6 Å². The fraction of sp³-hybridized carbons (Fsp3) is 0.364. The summed E-state index contributed by atoms with van der Waals surface area (Å²) in [6, 6.07) is 0. The van der Waals surface area contributed by atoms with Gasteiger partial charge in [-0.15, -0.1) is 0 Å². The van der Waals surface area contributed by atoms with Crippen LogP contribution in [-0.4, -0.2) is 34.7 Å². The van der Waals surface area contributed by atoms with Gasteiger partial charge in [-0.3, -0.25) is 19.2 Å². The van der Waals surface area contributed by atoms with Crippen molar-refractivity contribution in [2.75, 3.05) is 0 Å². The molecule has 0 spiro atoms. The number of hydrogen-bond acceptors (Lipinski definition) is 6. The third-order valence-corrected chi connectivity index (χ3v) is 4.95. The quantitative estimate of drug-likeness (QED) is 0.375. The Hall–Kier alpha value is -3.10. The predicted octanol–water partition coefficient (Wildman–Crippen LogP) is 0.816. The lowest BCUT2D eigenvalue weighted by Gasteiger charge is -2.33. The molecular weight excluding hydrogens is 384 g/mol. The minimum atomic E-state index is -1.17. The zero-order valence-corrected chi connectivity index (χ0v) is 17.7. The highest BCUT2D eigenvalue weighted by atomic mass is 16.2. The van der Waals surface area contributed by atoms with E-state index in [2.05, 4.69) is 10.6 Å². The van der Waals surface area contributed by atoms with Gasteiger partial charge in [-0.1, -0.05) is 24.3 Å². The van der Waals surface area contributed by atoms with Crippen molar-refractivity contribution in [1.29, 1.82) is 0 Å². The summed E-state index contributed by atoms with van der Waals surface area (Å²) in [5, 5.41) is 5.34. The Morgan fingerprint density at radius 3 is 1.37 bits per heavy atom. The lowest BCUT2D eigenvalue weighted by atomic mass is 9.86. The SMILES string of the molecule is CC(=O)CC(=O)NC1(N)C=CC(=C2C=CC(N)(NC(=O)CC(C)=O)C(C)=C2)C=C1C. The third kappa shape index (κ3) is 5.49. The normalized spacial score (nSPS) is 27.8. The molecule has 0 aromatic heterocycles. The summed E-state index contributed by atoms with van der Waals surface area (Å²) in [6.45, 7) is 6.26. The second-order valence-electron chi connectivity index (χ2n) is 7.82. The maximum atomic E-state index is 11.9. The highest BCUT2D eigenvalue weighted by Gasteiger charge is 2.31. The molecule has 0 bridgehead atoms. The topological polar surface area (TPSA) is 144 Å². The minimum Gasteiger partial charge on any atom is -0.331 e. The molecule has 8 nitrogen and oxygen atoms in total. The molecule has 30 heavy (non-hydrogen) atoms. The molecule has 0 aliphatic heterocycles. The first-order valence-corrected chi connectivity index (χ1v) is 9.53. The molecule has 0 fully saturated rings. The van der Waals surface area contributed by atoms with Crippen LogP contribution in [-0.2, 0) is 19.2 Å². The van der Waals surface area contributed by atoms with Crippen molar-refractivity contribution in [3.63, 3.8) is 0 Å². The van der Waals surface area contributed by atoms with E-state index in [1.807, 2.05) is 12.2 Å². The monoisotopic (exact) mass is 412 g/mol. The van der Waals surface area contributed by atoms with Crippen molar-refractivity contribution < 1.29 is 19.2 Å². The number of ketones is 2. The van der Waals surface area contributed by atoms with Crippen LogP contribution >= 0.6 is 0 Å². The van der Waals surface area contributed by atoms with Gasteiger partial charge in [0.15, 0.2) is 0 Å². The van der Waals surface area contributed by atoms with Crippen LogP contribution in [0.25, 0.3) is 0 Å². The maximum Gasteiger partial charge on any atom is 0.229 e. The van der Waals surface area contributed by atoms with Gasteiger partial charge in [0, 0.05) is 0 Å². The largest absolute Gasteiger partial charge is 0.331 e. The Morgan fingerprint density at radius 2 is 1.10 bits per heavy atom. The van der Waals surface area contributed by atoms with Crippen LogP contribution in [0.3, 0.4) is 0 Å². The lowest BCUT2D eigenvalue weighted by molar-refractivity contribution is -0.129. The van der Waals surface area contributed by atoms with E-state index in [9.17, 15) is 19.2 Å². The van der Waals surface area contributed by atoms with Crippen molar-refractivity contribution >= 4 is 23.4 Å². The Balaban J connectivity index is 2.22. The number of carbonyl (C=O) groups excluding carboxylic acids is 4. The van der Waals surface area contributed by atoms with E-state index in [1.165, 1.54) is 13.8 Å². The van der Waals surface area contributed by atoms with Gasteiger partial charge in [0.2, 0.25) is 11.8 Å². The summed E-state index contributed by atoms with van der Waals surface area (Å²) < 4.78 is 0. The van der Waals surface area contributed by atoms with E-state index in [4.69, 9.17) is 11.5 Å². The molecule has 0 aromatic carbocycles. The van der Waals surface area contributed by atoms with Crippen LogP contribution in [0.15, 0.2) is 58.7 Å². The Labute approximate surface area is 175 Å². The average Bonchev–Trinajstić information content (AvgIpc) is 2.58. The van der Waals surface area contributed by atoms with Gasteiger partial charge in [-0.2, -0.15) is 0 Å². The second kappa shape index (κ2) is 8.73. The summed E-state index contributed by atoms with van der Waals surface area (Å²) in [5.74, 6) is -1.37. The second-order valence-corrected chi connectivity index (χ2v) is 7.82. The lowest BCUT2D eigenvalue weighted by Crippen LogP contribution is -2.56. The minimum absolute atomic E-state index is 0.230. The molecule has 2 rings (SSSR count). The van der Waals surface area contributed by atoms with Crippen molar-refractivity contribution in [3.8, 4) is 0 Å². The average molecular weight is 412 g/mol. The molecule has 2 atom stereocenters. The van der Waals surface area contributed by atoms with E-state index in [0.29, 0.717) is 11.1 Å². The summed E-state index contributed by atoms with van der Waals surface area (Å²) in [7, 11) is 0. The summed E-state index contributed by atoms with van der Waals surface area (Å²) in [6.07, 6.45) is 10.1. The van der Waals surface area contributed by atoms with Gasteiger partial charge in [0.1, 0.15) is 22.9 Å². The van der Waals surface area contributed by atoms with Crippen LogP contribution in [0.1, 0.15) is 40.5 Å². The third-order valence-electron chi connectivity index (χ3n) is 4.95. The van der Waals surface area contributed by atoms with E-state index >= 15 is 0 Å². The molecule has 0 aromatic rings. The van der Waals surface area contributed by atoms with Crippen LogP contribution in [0.4, 0.5) is 0 Å². The number of rotatable bonds is 6. The molecule has 2 aliphatic rings. The number of nitrogens with one attached hydrogen (secondary N) is 2. The molecule has 0 radical (unpaired) electrons. The summed E-state index contributed by atoms with van der Waals surface area (Å²) in [4.78, 5) is 46.2. The molecule has 8 heteroatoms. The number of nitrogens with two attached hydrogens (primary N) is 2. The van der Waals surface area contributed by atoms with Crippen molar-refractivity contribution in [2.24, 2.45) is 11.5 Å². The standard InChI is InChI=1S/C22H28N4O4/c1-13-9-17(5-7-21(13,23)25-19(29)11-15(3)27)18-6-8-22(24,14(2)10-18)26-20(30)12-16(4)28/h5-10H,11-12,23-24H2,1-4H3,(H,25,29)(H,26,30). The zero-order valence-electron chi connectivity index (χ0n) is 17.7. The first-order valence-electron chi connectivity index (χ1n) is 9.53. The van der Waals surface area contributed by atoms with Crippen LogP contribution in [0.2, 0.25) is 0 Å². The molecule has 2 aliphatic carbocycles. The molecule has 2 amide bonds. The maximum absolute atomic E-state index is 11.9. The molecule has 0 saturated heterocycles. The number of allylic oxidation sites excluding steroid dienone is 6. The van der Waals surface area contributed by atoms with Gasteiger partial charge in [-0.25, -0.2) is 0 Å². The van der Waals surface area contributed by atoms with E-state index < -0.39 is 23.1 Å². The number of hydrogen-bond donors (Lipinski definition) is 4. The molecule has 0 saturated carbocycles. The first kappa shape index (κ1) is 23.2. The summed E-state index contributed by atoms with van der Waals surface area (Å²) >= 11 is 0. The van der Waals surface area contributed by atoms with Crippen molar-refractivity contribution in [3.05, 3.63) is 58.7 Å². The predicted molar refractivity (Wildman–Crippen MR) is 114 cm³/mol. The first-order chi connectivity index (χ1) is 13.8. The number of carbonyl (C=O) groups is 4. The van der Waals surface area contributed by atoms with E-state index in [-0.39, 0.29) is 24.4 Å². The smallest absolute Gasteiger partial charge is 0.229 e. The number of Topliss-reactive ketones (excluding diaryl/α,β-unsaturated/α-hetero) is 2. The molecule has 6 N–H and O–H groups in total. The molecule has 160 valence electrons. The van der Waals surface area contributed by atoms with Gasteiger partial charge in [0.05, 0.1) is 12.8 Å². The molecule has 2 unspecified atom stereocenters. The highest BCUT2D eigenvalue weighted by Crippen LogP contribution is 2.29. The van der Waals surface area contributed by atoms with Gasteiger partial charge in [0.25, 0.3) is 0 Å². The van der Waals surface area contributed by atoms with E-state index in [0.717, 1.165) is 11.1 Å². The van der Waals surface area contributed by atoms with Gasteiger partial charge < -0.3 is 22.1 Å². The fourth-order valence-corrected chi connectivity index (χ4v) is 3.15. The van der Waals surface area contributed by atoms with Crippen LogP contribution in [0.5, 0.6) is 0 Å². The molecule has 0 heterocycles. The van der Waals surface area contributed by atoms with Gasteiger partial charge in [-0.05, 0) is 62.1 Å². The summed E-state index contributed by atoms with van der Waals surface area (Å²) in [5.41, 5.74) is 13.3. The Kier molecular flexibility index (Phi) is 6.74. The number of amides is 2. The van der Waals surface area contributed by atoms with Gasteiger partial charge >= 0.3 is 0 Å². The Morgan fingerprint density at radius 1 is 0.767 bits per heavy atom. The Bertz CT molecular complexity index is 878. The van der Waals surface area contributed by atoms with Crippen molar-refractivity contribution in [2.45, 2.75) is 51.9 Å². The van der Waals surface area contributed by atoms with Crippen LogP contribution in [0, 0.1) is 0 Å².